The van der Waals surface area contributed by atoms with Gasteiger partial charge in [-0.05, 0) is 29.3 Å². The topological polar surface area (TPSA) is 28.2 Å². The molecule has 3 nitrogen and oxygen atoms in total. The van der Waals surface area contributed by atoms with Gasteiger partial charge in [0.05, 0.1) is 0 Å². The van der Waals surface area contributed by atoms with Crippen LogP contribution in [-0.2, 0) is 6.54 Å². The van der Waals surface area contributed by atoms with Gasteiger partial charge in [0.1, 0.15) is 5.82 Å². The lowest BCUT2D eigenvalue weighted by Crippen LogP contribution is -2.45. The Morgan fingerprint density at radius 3 is 3.05 bits per heavy atom. The van der Waals surface area contributed by atoms with Gasteiger partial charge in [0.25, 0.3) is 0 Å². The molecule has 1 aliphatic rings. The third-order valence-corrected chi connectivity index (χ3v) is 3.70. The molecular weight excluding hydrogens is 253 g/mol. The van der Waals surface area contributed by atoms with Crippen molar-refractivity contribution >= 4 is 0 Å². The lowest BCUT2D eigenvalue weighted by Gasteiger charge is -2.36. The molecule has 20 heavy (non-hydrogen) atoms. The fourth-order valence-electron chi connectivity index (χ4n) is 2.70. The molecule has 2 heterocycles. The van der Waals surface area contributed by atoms with Crippen molar-refractivity contribution in [1.29, 1.82) is 0 Å². The van der Waals surface area contributed by atoms with E-state index in [9.17, 15) is 4.39 Å². The minimum Gasteiger partial charge on any atom is -0.314 e. The Morgan fingerprint density at radius 1 is 1.30 bits per heavy atom. The Labute approximate surface area is 118 Å². The van der Waals surface area contributed by atoms with Crippen LogP contribution in [0.4, 0.5) is 4.39 Å². The van der Waals surface area contributed by atoms with Crippen molar-refractivity contribution in [3.63, 3.8) is 0 Å². The SMILES string of the molecule is Fc1cccc(C2CNCCN2Cc2cccnc2)c1. The predicted molar refractivity (Wildman–Crippen MR) is 76.7 cm³/mol. The van der Waals surface area contributed by atoms with Crippen LogP contribution in [0.25, 0.3) is 0 Å². The Balaban J connectivity index is 1.80. The number of nitrogens with one attached hydrogen (secondary N) is 1. The molecule has 1 unspecified atom stereocenters. The third kappa shape index (κ3) is 3.03. The van der Waals surface area contributed by atoms with E-state index in [0.717, 1.165) is 31.7 Å². The highest BCUT2D eigenvalue weighted by Gasteiger charge is 2.23. The van der Waals surface area contributed by atoms with Crippen molar-refractivity contribution in [2.45, 2.75) is 12.6 Å². The summed E-state index contributed by atoms with van der Waals surface area (Å²) < 4.78 is 13.4. The van der Waals surface area contributed by atoms with Crippen LogP contribution in [0.5, 0.6) is 0 Å². The van der Waals surface area contributed by atoms with Crippen molar-refractivity contribution in [1.82, 2.24) is 15.2 Å². The maximum Gasteiger partial charge on any atom is 0.123 e. The first-order valence-electron chi connectivity index (χ1n) is 6.92. The summed E-state index contributed by atoms with van der Waals surface area (Å²) in [6.45, 7) is 3.61. The molecule has 1 aliphatic heterocycles. The maximum absolute atomic E-state index is 13.4. The number of halogens is 1. The van der Waals surface area contributed by atoms with E-state index >= 15 is 0 Å². The van der Waals surface area contributed by atoms with Crippen molar-refractivity contribution < 1.29 is 4.39 Å². The summed E-state index contributed by atoms with van der Waals surface area (Å²) in [5.41, 5.74) is 2.22. The van der Waals surface area contributed by atoms with Gasteiger partial charge in [-0.15, -0.1) is 0 Å². The minimum absolute atomic E-state index is 0.172. The second-order valence-electron chi connectivity index (χ2n) is 5.11. The zero-order valence-electron chi connectivity index (χ0n) is 11.3. The van der Waals surface area contributed by atoms with Crippen LogP contribution in [-0.4, -0.2) is 29.5 Å². The zero-order chi connectivity index (χ0) is 13.8. The van der Waals surface area contributed by atoms with Crippen LogP contribution in [0.1, 0.15) is 17.2 Å². The average Bonchev–Trinajstić information content (AvgIpc) is 2.49. The Bertz CT molecular complexity index is 559. The van der Waals surface area contributed by atoms with Gasteiger partial charge >= 0.3 is 0 Å². The summed E-state index contributed by atoms with van der Waals surface area (Å²) in [6, 6.07) is 11.1. The molecule has 2 aromatic rings. The Morgan fingerprint density at radius 2 is 2.25 bits per heavy atom. The Hall–Kier alpha value is -1.78. The number of hydrogen-bond donors (Lipinski definition) is 1. The second-order valence-corrected chi connectivity index (χ2v) is 5.11. The monoisotopic (exact) mass is 271 g/mol. The van der Waals surface area contributed by atoms with E-state index < -0.39 is 0 Å². The molecule has 0 saturated carbocycles. The standard InChI is InChI=1S/C16H18FN3/c17-15-5-1-4-14(9-15)16-11-19-7-8-20(16)12-13-3-2-6-18-10-13/h1-6,9-10,16,19H,7-8,11-12H2. The van der Waals surface area contributed by atoms with Gasteiger partial charge in [-0.1, -0.05) is 18.2 Å². The molecule has 1 N–H and O–H groups in total. The average molecular weight is 271 g/mol. The van der Waals surface area contributed by atoms with E-state index in [1.165, 1.54) is 11.6 Å². The fourth-order valence-corrected chi connectivity index (χ4v) is 2.70. The number of aromatic nitrogens is 1. The van der Waals surface area contributed by atoms with Gasteiger partial charge in [0, 0.05) is 44.6 Å². The number of rotatable bonds is 3. The smallest absolute Gasteiger partial charge is 0.123 e. The lowest BCUT2D eigenvalue weighted by atomic mass is 10.0. The van der Waals surface area contributed by atoms with Crippen molar-refractivity contribution in [3.05, 3.63) is 65.7 Å². The predicted octanol–water partition coefficient (Wildman–Crippen LogP) is 2.37. The largest absolute Gasteiger partial charge is 0.314 e. The first-order chi connectivity index (χ1) is 9.83. The van der Waals surface area contributed by atoms with Crippen molar-refractivity contribution in [2.75, 3.05) is 19.6 Å². The first-order valence-corrected chi connectivity index (χ1v) is 6.92. The van der Waals surface area contributed by atoms with E-state index in [4.69, 9.17) is 0 Å². The molecule has 1 aromatic heterocycles. The van der Waals surface area contributed by atoms with E-state index in [1.54, 1.807) is 18.3 Å². The molecule has 1 fully saturated rings. The van der Waals surface area contributed by atoms with Gasteiger partial charge in [-0.25, -0.2) is 4.39 Å². The molecule has 104 valence electrons. The first kappa shape index (κ1) is 13.2. The maximum atomic E-state index is 13.4. The van der Waals surface area contributed by atoms with Crippen LogP contribution in [0.3, 0.4) is 0 Å². The summed E-state index contributed by atoms with van der Waals surface area (Å²) in [6.07, 6.45) is 3.68. The minimum atomic E-state index is -0.172. The fraction of sp³-hybridized carbons (Fsp3) is 0.312. The number of piperazine rings is 1. The highest BCUT2D eigenvalue weighted by atomic mass is 19.1. The highest BCUT2D eigenvalue weighted by Crippen LogP contribution is 2.24. The molecule has 0 radical (unpaired) electrons. The van der Waals surface area contributed by atoms with E-state index in [2.05, 4.69) is 21.3 Å². The van der Waals surface area contributed by atoms with Crippen molar-refractivity contribution in [3.8, 4) is 0 Å². The normalized spacial score (nSPS) is 19.9. The highest BCUT2D eigenvalue weighted by molar-refractivity contribution is 5.22. The molecule has 0 spiro atoms. The van der Waals surface area contributed by atoms with Gasteiger partial charge < -0.3 is 5.32 Å². The second kappa shape index (κ2) is 6.11. The molecule has 0 aliphatic carbocycles. The van der Waals surface area contributed by atoms with Crippen LogP contribution >= 0.6 is 0 Å². The molecule has 0 amide bonds. The lowest BCUT2D eigenvalue weighted by molar-refractivity contribution is 0.153. The third-order valence-electron chi connectivity index (χ3n) is 3.70. The molecule has 0 bridgehead atoms. The Kier molecular flexibility index (Phi) is 4.04. The van der Waals surface area contributed by atoms with Gasteiger partial charge in [0.15, 0.2) is 0 Å². The van der Waals surface area contributed by atoms with Gasteiger partial charge in [-0.3, -0.25) is 9.88 Å². The van der Waals surface area contributed by atoms with Gasteiger partial charge in [-0.2, -0.15) is 0 Å². The van der Waals surface area contributed by atoms with E-state index in [1.807, 2.05) is 18.3 Å². The number of nitrogens with zero attached hydrogens (tertiary/aromatic N) is 2. The van der Waals surface area contributed by atoms with Crippen molar-refractivity contribution in [2.24, 2.45) is 0 Å². The van der Waals surface area contributed by atoms with Crippen LogP contribution in [0, 0.1) is 5.82 Å². The van der Waals surface area contributed by atoms with Gasteiger partial charge in [0.2, 0.25) is 0 Å². The van der Waals surface area contributed by atoms with Crippen LogP contribution < -0.4 is 5.32 Å². The summed E-state index contributed by atoms with van der Waals surface area (Å²) in [7, 11) is 0. The number of hydrogen-bond acceptors (Lipinski definition) is 3. The molecule has 3 rings (SSSR count). The molecule has 4 heteroatoms. The van der Waals surface area contributed by atoms with Crippen LogP contribution in [0.15, 0.2) is 48.8 Å². The summed E-state index contributed by atoms with van der Waals surface area (Å²) in [5, 5.41) is 3.39. The molecule has 1 aromatic carbocycles. The molecule has 1 saturated heterocycles. The van der Waals surface area contributed by atoms with E-state index in [-0.39, 0.29) is 11.9 Å². The number of benzene rings is 1. The summed E-state index contributed by atoms with van der Waals surface area (Å²) >= 11 is 0. The molecular formula is C16H18FN3. The summed E-state index contributed by atoms with van der Waals surface area (Å²) in [5.74, 6) is -0.172. The van der Waals surface area contributed by atoms with Crippen LogP contribution in [0.2, 0.25) is 0 Å². The summed E-state index contributed by atoms with van der Waals surface area (Å²) in [4.78, 5) is 6.54. The quantitative estimate of drug-likeness (QED) is 0.929. The zero-order valence-corrected chi connectivity index (χ0v) is 11.3. The number of pyridine rings is 1. The molecule has 1 atom stereocenters. The van der Waals surface area contributed by atoms with E-state index in [0.29, 0.717) is 0 Å².